The molecule has 0 aliphatic carbocycles. The van der Waals surface area contributed by atoms with Crippen molar-refractivity contribution in [3.63, 3.8) is 0 Å². The van der Waals surface area contributed by atoms with Crippen molar-refractivity contribution in [1.82, 2.24) is 24.6 Å². The van der Waals surface area contributed by atoms with Crippen LogP contribution in [-0.4, -0.2) is 31.8 Å². The van der Waals surface area contributed by atoms with Crippen molar-refractivity contribution >= 4 is 50.5 Å². The average Bonchev–Trinajstić information content (AvgIpc) is 3.20. The number of amides is 1. The van der Waals surface area contributed by atoms with Crippen molar-refractivity contribution in [2.75, 3.05) is 6.54 Å². The van der Waals surface area contributed by atoms with E-state index in [0.29, 0.717) is 35.7 Å². The Bertz CT molecular complexity index is 1340. The van der Waals surface area contributed by atoms with E-state index in [1.807, 2.05) is 42.5 Å². The van der Waals surface area contributed by atoms with Gasteiger partial charge in [-0.2, -0.15) is 5.10 Å². The Kier molecular flexibility index (Phi) is 6.82. The summed E-state index contributed by atoms with van der Waals surface area (Å²) in [6.07, 6.45) is 6.13. The number of hydrogen-bond acceptors (Lipinski definition) is 4. The van der Waals surface area contributed by atoms with Crippen LogP contribution in [0.25, 0.3) is 17.1 Å². The molecule has 1 N–H and O–H groups in total. The number of rotatable bonds is 7. The quantitative estimate of drug-likeness (QED) is 0.381. The smallest absolute Gasteiger partial charge is 0.264 e. The zero-order chi connectivity index (χ0) is 22.5. The van der Waals surface area contributed by atoms with Crippen molar-refractivity contribution < 1.29 is 4.79 Å². The van der Waals surface area contributed by atoms with Crippen molar-refractivity contribution in [2.45, 2.75) is 13.1 Å². The van der Waals surface area contributed by atoms with Gasteiger partial charge in [-0.25, -0.2) is 9.67 Å². The number of benzene rings is 2. The predicted octanol–water partition coefficient (Wildman–Crippen LogP) is 3.89. The highest BCUT2D eigenvalue weighted by molar-refractivity contribution is 9.10. The van der Waals surface area contributed by atoms with E-state index >= 15 is 0 Å². The van der Waals surface area contributed by atoms with Crippen LogP contribution >= 0.6 is 27.5 Å². The van der Waals surface area contributed by atoms with E-state index in [0.717, 1.165) is 15.6 Å². The number of aromatic nitrogens is 4. The normalized spacial score (nSPS) is 11.3. The van der Waals surface area contributed by atoms with Crippen LogP contribution in [0.5, 0.6) is 0 Å². The molecule has 2 aromatic heterocycles. The molecular weight excluding hydrogens is 494 g/mol. The van der Waals surface area contributed by atoms with Gasteiger partial charge in [-0.3, -0.25) is 14.2 Å². The van der Waals surface area contributed by atoms with Crippen LogP contribution in [0.2, 0.25) is 5.02 Å². The van der Waals surface area contributed by atoms with Gasteiger partial charge in [-0.1, -0.05) is 57.9 Å². The Balaban J connectivity index is 1.39. The zero-order valence-electron chi connectivity index (χ0n) is 16.9. The van der Waals surface area contributed by atoms with E-state index < -0.39 is 0 Å². The molecule has 9 heteroatoms. The van der Waals surface area contributed by atoms with Crippen LogP contribution in [0.3, 0.4) is 0 Å². The second-order valence-electron chi connectivity index (χ2n) is 7.05. The first kappa shape index (κ1) is 22.0. The van der Waals surface area contributed by atoms with Crippen LogP contribution in [0.1, 0.15) is 11.1 Å². The molecule has 0 bridgehead atoms. The standard InChI is InChI=1S/C23H19BrClN5O2/c24-18-8-5-16(6-9-18)14-29-15-27-22-19(23(29)32)13-28-30(22)12-11-26-21(31)10-7-17-3-1-2-4-20(17)25/h1-10,13,15H,11-12,14H2,(H,26,31)/b10-7+. The summed E-state index contributed by atoms with van der Waals surface area (Å²) in [7, 11) is 0. The number of fused-ring (bicyclic) bond motifs is 1. The SMILES string of the molecule is O=C(/C=C/c1ccccc1Cl)NCCn1ncc2c(=O)n(Cc3ccc(Br)cc3)cnc21. The Hall–Kier alpha value is -3.23. The van der Waals surface area contributed by atoms with Gasteiger partial charge >= 0.3 is 0 Å². The summed E-state index contributed by atoms with van der Waals surface area (Å²) < 4.78 is 4.15. The van der Waals surface area contributed by atoms with E-state index in [1.165, 1.54) is 18.6 Å². The van der Waals surface area contributed by atoms with Crippen LogP contribution in [0, 0.1) is 0 Å². The van der Waals surface area contributed by atoms with Gasteiger partial charge in [0.15, 0.2) is 5.65 Å². The molecule has 0 spiro atoms. The zero-order valence-corrected chi connectivity index (χ0v) is 19.3. The van der Waals surface area contributed by atoms with Gasteiger partial charge in [-0.05, 0) is 35.4 Å². The van der Waals surface area contributed by atoms with E-state index in [2.05, 4.69) is 31.3 Å². The lowest BCUT2D eigenvalue weighted by Crippen LogP contribution is -2.26. The molecular formula is C23H19BrClN5O2. The van der Waals surface area contributed by atoms with Gasteiger partial charge in [-0.15, -0.1) is 0 Å². The average molecular weight is 513 g/mol. The number of nitrogens with zero attached hydrogens (tertiary/aromatic N) is 4. The van der Waals surface area contributed by atoms with Gasteiger partial charge < -0.3 is 5.32 Å². The van der Waals surface area contributed by atoms with Gasteiger partial charge in [0, 0.05) is 22.1 Å². The summed E-state index contributed by atoms with van der Waals surface area (Å²) in [4.78, 5) is 29.3. The number of nitrogens with one attached hydrogen (secondary N) is 1. The summed E-state index contributed by atoms with van der Waals surface area (Å²) in [6, 6.07) is 15.0. The Morgan fingerprint density at radius 2 is 1.94 bits per heavy atom. The van der Waals surface area contributed by atoms with Crippen molar-refractivity contribution in [1.29, 1.82) is 0 Å². The third-order valence-electron chi connectivity index (χ3n) is 4.83. The third-order valence-corrected chi connectivity index (χ3v) is 5.70. The van der Waals surface area contributed by atoms with Crippen LogP contribution in [-0.2, 0) is 17.9 Å². The molecule has 2 aromatic carbocycles. The molecule has 0 aliphatic heterocycles. The van der Waals surface area contributed by atoms with Gasteiger partial charge in [0.05, 0.1) is 19.3 Å². The molecule has 0 saturated heterocycles. The van der Waals surface area contributed by atoms with Crippen molar-refractivity contribution in [2.24, 2.45) is 0 Å². The maximum absolute atomic E-state index is 12.8. The minimum absolute atomic E-state index is 0.157. The van der Waals surface area contributed by atoms with Gasteiger partial charge in [0.25, 0.3) is 5.56 Å². The highest BCUT2D eigenvalue weighted by Gasteiger charge is 2.10. The summed E-state index contributed by atoms with van der Waals surface area (Å²) in [5, 5.41) is 8.08. The fourth-order valence-corrected chi connectivity index (χ4v) is 3.64. The minimum atomic E-state index is -0.244. The molecule has 0 fully saturated rings. The molecule has 2 heterocycles. The molecule has 162 valence electrons. The molecule has 0 unspecified atom stereocenters. The van der Waals surface area contributed by atoms with Crippen LogP contribution in [0.15, 0.2) is 76.4 Å². The minimum Gasteiger partial charge on any atom is -0.351 e. The third kappa shape index (κ3) is 5.15. The largest absolute Gasteiger partial charge is 0.351 e. The van der Waals surface area contributed by atoms with E-state index in [4.69, 9.17) is 11.6 Å². The maximum atomic E-state index is 12.8. The lowest BCUT2D eigenvalue weighted by atomic mass is 10.2. The summed E-state index contributed by atoms with van der Waals surface area (Å²) in [5.74, 6) is -0.244. The molecule has 4 aromatic rings. The fourth-order valence-electron chi connectivity index (χ4n) is 3.18. The highest BCUT2D eigenvalue weighted by atomic mass is 79.9. The lowest BCUT2D eigenvalue weighted by molar-refractivity contribution is -0.116. The first-order valence-electron chi connectivity index (χ1n) is 9.87. The number of halogens is 2. The monoisotopic (exact) mass is 511 g/mol. The van der Waals surface area contributed by atoms with E-state index in [1.54, 1.807) is 21.4 Å². The molecule has 0 atom stereocenters. The number of hydrogen-bond donors (Lipinski definition) is 1. The second-order valence-corrected chi connectivity index (χ2v) is 8.38. The Labute approximate surface area is 197 Å². The van der Waals surface area contributed by atoms with E-state index in [-0.39, 0.29) is 11.5 Å². The van der Waals surface area contributed by atoms with Crippen molar-refractivity contribution in [3.8, 4) is 0 Å². The molecule has 7 nitrogen and oxygen atoms in total. The molecule has 32 heavy (non-hydrogen) atoms. The molecule has 0 radical (unpaired) electrons. The lowest BCUT2D eigenvalue weighted by Gasteiger charge is -2.07. The predicted molar refractivity (Wildman–Crippen MR) is 129 cm³/mol. The summed E-state index contributed by atoms with van der Waals surface area (Å²) in [5.41, 5.74) is 2.10. The first-order chi connectivity index (χ1) is 15.5. The Morgan fingerprint density at radius 3 is 2.72 bits per heavy atom. The van der Waals surface area contributed by atoms with E-state index in [9.17, 15) is 9.59 Å². The number of carbonyl (C=O) groups excluding carboxylic acids is 1. The number of carbonyl (C=O) groups is 1. The topological polar surface area (TPSA) is 81.8 Å². The first-order valence-corrected chi connectivity index (χ1v) is 11.0. The molecule has 0 aliphatic rings. The highest BCUT2D eigenvalue weighted by Crippen LogP contribution is 2.16. The molecule has 0 saturated carbocycles. The fraction of sp³-hybridized carbons (Fsp3) is 0.130. The van der Waals surface area contributed by atoms with Gasteiger partial charge in [0.1, 0.15) is 11.7 Å². The van der Waals surface area contributed by atoms with Crippen molar-refractivity contribution in [3.05, 3.63) is 98.1 Å². The van der Waals surface area contributed by atoms with Gasteiger partial charge in [0.2, 0.25) is 5.91 Å². The molecule has 1 amide bonds. The van der Waals surface area contributed by atoms with Crippen LogP contribution in [0.4, 0.5) is 0 Å². The molecule has 4 rings (SSSR count). The summed E-state index contributed by atoms with van der Waals surface area (Å²) >= 11 is 9.48. The Morgan fingerprint density at radius 1 is 1.16 bits per heavy atom. The van der Waals surface area contributed by atoms with Crippen LogP contribution < -0.4 is 10.9 Å². The second kappa shape index (κ2) is 9.93. The summed E-state index contributed by atoms with van der Waals surface area (Å²) in [6.45, 7) is 1.15. The maximum Gasteiger partial charge on any atom is 0.264 e.